The summed E-state index contributed by atoms with van der Waals surface area (Å²) in [4.78, 5) is 24.0. The lowest BCUT2D eigenvalue weighted by Crippen LogP contribution is -2.15. The fourth-order valence-corrected chi connectivity index (χ4v) is 3.56. The van der Waals surface area contributed by atoms with Crippen molar-refractivity contribution in [3.05, 3.63) is 78.1 Å². The van der Waals surface area contributed by atoms with E-state index in [2.05, 4.69) is 22.1 Å². The van der Waals surface area contributed by atoms with Gasteiger partial charge in [0.25, 0.3) is 0 Å². The Labute approximate surface area is 190 Å². The minimum Gasteiger partial charge on any atom is -0.486 e. The molecule has 0 fully saturated rings. The van der Waals surface area contributed by atoms with E-state index >= 15 is 0 Å². The topological polar surface area (TPSA) is 95.3 Å². The predicted molar refractivity (Wildman–Crippen MR) is 123 cm³/mol. The van der Waals surface area contributed by atoms with Gasteiger partial charge in [0.15, 0.2) is 11.0 Å². The number of anilines is 1. The Kier molecular flexibility index (Phi) is 8.04. The smallest absolute Gasteiger partial charge is 0.337 e. The number of amides is 1. The summed E-state index contributed by atoms with van der Waals surface area (Å²) >= 11 is 1.26. The third-order valence-electron chi connectivity index (χ3n) is 4.39. The van der Waals surface area contributed by atoms with Crippen LogP contribution >= 0.6 is 11.8 Å². The van der Waals surface area contributed by atoms with E-state index in [4.69, 9.17) is 9.47 Å². The summed E-state index contributed by atoms with van der Waals surface area (Å²) in [5, 5.41) is 11.8. The lowest BCUT2D eigenvalue weighted by molar-refractivity contribution is -0.113. The largest absolute Gasteiger partial charge is 0.486 e. The number of carbonyl (C=O) groups is 2. The molecule has 0 saturated heterocycles. The van der Waals surface area contributed by atoms with Gasteiger partial charge in [-0.25, -0.2) is 4.79 Å². The van der Waals surface area contributed by atoms with Crippen LogP contribution in [0.5, 0.6) is 5.75 Å². The van der Waals surface area contributed by atoms with E-state index in [1.165, 1.54) is 18.9 Å². The van der Waals surface area contributed by atoms with Crippen LogP contribution in [0.4, 0.5) is 5.69 Å². The lowest BCUT2D eigenvalue weighted by Gasteiger charge is -2.10. The van der Waals surface area contributed by atoms with Gasteiger partial charge < -0.3 is 14.8 Å². The highest BCUT2D eigenvalue weighted by Crippen LogP contribution is 2.20. The van der Waals surface area contributed by atoms with Crippen molar-refractivity contribution in [2.45, 2.75) is 25.2 Å². The van der Waals surface area contributed by atoms with Crippen molar-refractivity contribution in [2.24, 2.45) is 0 Å². The summed E-state index contributed by atoms with van der Waals surface area (Å²) in [5.74, 6) is 0.804. The fourth-order valence-electron chi connectivity index (χ4n) is 2.80. The highest BCUT2D eigenvalue weighted by Gasteiger charge is 2.15. The highest BCUT2D eigenvalue weighted by molar-refractivity contribution is 7.99. The van der Waals surface area contributed by atoms with Crippen LogP contribution in [0.25, 0.3) is 0 Å². The predicted octanol–water partition coefficient (Wildman–Crippen LogP) is 3.87. The average Bonchev–Trinajstić information content (AvgIpc) is 3.18. The quantitative estimate of drug-likeness (QED) is 0.283. The van der Waals surface area contributed by atoms with Crippen molar-refractivity contribution in [3.63, 3.8) is 0 Å². The van der Waals surface area contributed by atoms with E-state index in [-0.39, 0.29) is 18.3 Å². The van der Waals surface area contributed by atoms with E-state index in [0.29, 0.717) is 28.8 Å². The van der Waals surface area contributed by atoms with Gasteiger partial charge in [0.05, 0.1) is 18.4 Å². The Morgan fingerprint density at radius 2 is 1.97 bits per heavy atom. The van der Waals surface area contributed by atoms with Crippen molar-refractivity contribution >= 4 is 29.3 Å². The van der Waals surface area contributed by atoms with Gasteiger partial charge in [0.1, 0.15) is 12.4 Å². The molecule has 0 aliphatic heterocycles. The normalized spacial score (nSPS) is 10.4. The van der Waals surface area contributed by atoms with Crippen molar-refractivity contribution in [1.82, 2.24) is 14.8 Å². The third-order valence-corrected chi connectivity index (χ3v) is 5.36. The molecule has 0 aliphatic rings. The minimum absolute atomic E-state index is 0.122. The first kappa shape index (κ1) is 23.1. The molecule has 2 aromatic carbocycles. The number of aryl methyl sites for hydroxylation is 1. The number of nitrogens with zero attached hydrogens (tertiary/aromatic N) is 3. The summed E-state index contributed by atoms with van der Waals surface area (Å²) < 4.78 is 12.4. The van der Waals surface area contributed by atoms with Gasteiger partial charge in [-0.15, -0.1) is 16.8 Å². The zero-order valence-corrected chi connectivity index (χ0v) is 18.7. The zero-order valence-electron chi connectivity index (χ0n) is 17.9. The van der Waals surface area contributed by atoms with Gasteiger partial charge in [-0.2, -0.15) is 0 Å². The number of ether oxygens (including phenoxy) is 2. The van der Waals surface area contributed by atoms with Crippen molar-refractivity contribution in [3.8, 4) is 5.75 Å². The van der Waals surface area contributed by atoms with E-state index in [1.54, 1.807) is 30.3 Å². The number of carbonyl (C=O) groups excluding carboxylic acids is 2. The molecule has 166 valence electrons. The van der Waals surface area contributed by atoms with Gasteiger partial charge in [-0.1, -0.05) is 41.6 Å². The first-order valence-corrected chi connectivity index (χ1v) is 10.8. The van der Waals surface area contributed by atoms with Crippen LogP contribution in [-0.2, 0) is 22.7 Å². The number of aromatic nitrogens is 3. The number of thioether (sulfide) groups is 1. The molecule has 1 aromatic heterocycles. The maximum atomic E-state index is 12.4. The van der Waals surface area contributed by atoms with Gasteiger partial charge in [-0.05, 0) is 37.3 Å². The Bertz CT molecular complexity index is 1100. The molecule has 0 aliphatic carbocycles. The second-order valence-corrected chi connectivity index (χ2v) is 7.75. The highest BCUT2D eigenvalue weighted by atomic mass is 32.2. The molecule has 1 heterocycles. The molecular weight excluding hydrogens is 428 g/mol. The van der Waals surface area contributed by atoms with E-state index in [0.717, 1.165) is 11.3 Å². The number of methoxy groups -OCH3 is 1. The molecule has 8 nitrogen and oxygen atoms in total. The van der Waals surface area contributed by atoms with Crippen LogP contribution < -0.4 is 10.1 Å². The maximum Gasteiger partial charge on any atom is 0.337 e. The number of allylic oxidation sites excluding steroid dienone is 1. The summed E-state index contributed by atoms with van der Waals surface area (Å²) in [6, 6.07) is 14.3. The van der Waals surface area contributed by atoms with Crippen LogP contribution in [-0.4, -0.2) is 39.5 Å². The number of hydrogen-bond donors (Lipinski definition) is 1. The van der Waals surface area contributed by atoms with Crippen molar-refractivity contribution in [2.75, 3.05) is 18.2 Å². The monoisotopic (exact) mass is 452 g/mol. The number of benzene rings is 2. The lowest BCUT2D eigenvalue weighted by atomic mass is 10.2. The maximum absolute atomic E-state index is 12.4. The van der Waals surface area contributed by atoms with Crippen LogP contribution in [0.2, 0.25) is 0 Å². The summed E-state index contributed by atoms with van der Waals surface area (Å²) in [5.41, 5.74) is 2.03. The number of esters is 1. The van der Waals surface area contributed by atoms with Crippen molar-refractivity contribution < 1.29 is 19.1 Å². The number of rotatable bonds is 10. The summed E-state index contributed by atoms with van der Waals surface area (Å²) in [6.07, 6.45) is 1.74. The molecule has 1 amide bonds. The van der Waals surface area contributed by atoms with E-state index in [1.807, 2.05) is 35.8 Å². The first-order chi connectivity index (χ1) is 15.5. The SMILES string of the molecule is C=CCn1c(COc2ccc(C)cc2)nnc1SCC(=O)Nc1cccc(C(=O)OC)c1. The van der Waals surface area contributed by atoms with Crippen LogP contribution in [0.1, 0.15) is 21.7 Å². The molecule has 0 bridgehead atoms. The molecule has 1 N–H and O–H groups in total. The number of hydrogen-bond acceptors (Lipinski definition) is 7. The molecule has 3 aromatic rings. The van der Waals surface area contributed by atoms with Crippen molar-refractivity contribution in [1.29, 1.82) is 0 Å². The summed E-state index contributed by atoms with van der Waals surface area (Å²) in [7, 11) is 1.31. The first-order valence-electron chi connectivity index (χ1n) is 9.83. The minimum atomic E-state index is -0.464. The molecular formula is C23H24N4O4S. The summed E-state index contributed by atoms with van der Waals surface area (Å²) in [6.45, 7) is 6.53. The second-order valence-electron chi connectivity index (χ2n) is 6.81. The standard InChI is InChI=1S/C23H24N4O4S/c1-4-12-27-20(14-31-19-10-8-16(2)9-11-19)25-26-23(27)32-15-21(28)24-18-7-5-6-17(13-18)22(29)30-3/h4-11,13H,1,12,14-15H2,2-3H3,(H,24,28). The van der Waals surface area contributed by atoms with E-state index in [9.17, 15) is 9.59 Å². The average molecular weight is 453 g/mol. The Hall–Kier alpha value is -3.59. The zero-order chi connectivity index (χ0) is 22.9. The van der Waals surface area contributed by atoms with Crippen LogP contribution in [0, 0.1) is 6.92 Å². The third kappa shape index (κ3) is 6.21. The second kappa shape index (κ2) is 11.1. The molecule has 0 spiro atoms. The van der Waals surface area contributed by atoms with Gasteiger partial charge in [0.2, 0.25) is 5.91 Å². The molecule has 0 unspecified atom stereocenters. The fraction of sp³-hybridized carbons (Fsp3) is 0.217. The Balaban J connectivity index is 1.60. The van der Waals surface area contributed by atoms with Crippen LogP contribution in [0.15, 0.2) is 66.3 Å². The Morgan fingerprint density at radius 1 is 1.19 bits per heavy atom. The van der Waals surface area contributed by atoms with E-state index < -0.39 is 5.97 Å². The van der Waals surface area contributed by atoms with Gasteiger partial charge in [0, 0.05) is 12.2 Å². The number of nitrogens with one attached hydrogen (secondary N) is 1. The van der Waals surface area contributed by atoms with Gasteiger partial charge >= 0.3 is 5.97 Å². The Morgan fingerprint density at radius 3 is 2.69 bits per heavy atom. The molecule has 32 heavy (non-hydrogen) atoms. The van der Waals surface area contributed by atoms with Crippen LogP contribution in [0.3, 0.4) is 0 Å². The molecule has 3 rings (SSSR count). The molecule has 9 heteroatoms. The molecule has 0 saturated carbocycles. The molecule has 0 atom stereocenters. The molecule has 0 radical (unpaired) electrons. The van der Waals surface area contributed by atoms with Gasteiger partial charge in [-0.3, -0.25) is 9.36 Å².